The molecule has 2 rings (SSSR count). The van der Waals surface area contributed by atoms with E-state index in [2.05, 4.69) is 42.1 Å². The van der Waals surface area contributed by atoms with Gasteiger partial charge < -0.3 is 5.32 Å². The first-order chi connectivity index (χ1) is 8.05. The highest BCUT2D eigenvalue weighted by molar-refractivity contribution is 7.07. The molecular weight excluding hydrogens is 230 g/mol. The molecule has 0 saturated heterocycles. The second-order valence-electron chi connectivity index (χ2n) is 5.02. The van der Waals surface area contributed by atoms with Gasteiger partial charge in [0, 0.05) is 11.6 Å². The second kappa shape index (κ2) is 4.84. The zero-order chi connectivity index (χ0) is 12.3. The molecule has 4 heteroatoms. The number of rotatable bonds is 3. The fourth-order valence-electron chi connectivity index (χ4n) is 1.45. The highest BCUT2D eigenvalue weighted by Crippen LogP contribution is 2.21. The molecule has 2 aromatic rings. The van der Waals surface area contributed by atoms with Crippen LogP contribution in [0.15, 0.2) is 29.2 Å². The lowest BCUT2D eigenvalue weighted by Crippen LogP contribution is -2.11. The molecule has 0 unspecified atom stereocenters. The van der Waals surface area contributed by atoms with E-state index in [0.717, 1.165) is 18.1 Å². The Kier molecular flexibility index (Phi) is 3.43. The normalized spacial score (nSPS) is 11.5. The van der Waals surface area contributed by atoms with Crippen LogP contribution in [0.4, 0.5) is 5.82 Å². The van der Waals surface area contributed by atoms with Crippen LogP contribution in [-0.2, 0) is 12.0 Å². The van der Waals surface area contributed by atoms with E-state index in [1.54, 1.807) is 11.3 Å². The van der Waals surface area contributed by atoms with Gasteiger partial charge in [-0.25, -0.2) is 9.97 Å². The van der Waals surface area contributed by atoms with Gasteiger partial charge in [0.15, 0.2) is 0 Å². The van der Waals surface area contributed by atoms with Gasteiger partial charge in [-0.3, -0.25) is 0 Å². The summed E-state index contributed by atoms with van der Waals surface area (Å²) in [5.41, 5.74) is 4.29. The molecule has 90 valence electrons. The Hall–Kier alpha value is -1.42. The minimum absolute atomic E-state index is 0.153. The fraction of sp³-hybridized carbons (Fsp3) is 0.385. The lowest BCUT2D eigenvalue weighted by molar-refractivity contribution is 0.587. The van der Waals surface area contributed by atoms with Crippen LogP contribution in [0.3, 0.4) is 0 Å². The van der Waals surface area contributed by atoms with E-state index in [9.17, 15) is 0 Å². The number of hydrogen-bond acceptors (Lipinski definition) is 4. The van der Waals surface area contributed by atoms with E-state index < -0.39 is 0 Å². The Morgan fingerprint density at radius 1 is 1.24 bits per heavy atom. The molecule has 0 amide bonds. The van der Waals surface area contributed by atoms with Gasteiger partial charge in [-0.15, -0.1) is 11.3 Å². The maximum atomic E-state index is 4.41. The van der Waals surface area contributed by atoms with Crippen molar-refractivity contribution in [2.45, 2.75) is 32.7 Å². The first-order valence-electron chi connectivity index (χ1n) is 5.63. The Balaban J connectivity index is 1.99. The monoisotopic (exact) mass is 247 g/mol. The molecule has 0 radical (unpaired) electrons. The number of nitrogens with one attached hydrogen (secondary N) is 1. The van der Waals surface area contributed by atoms with E-state index in [1.807, 2.05) is 23.2 Å². The van der Waals surface area contributed by atoms with Crippen LogP contribution >= 0.6 is 11.3 Å². The van der Waals surface area contributed by atoms with Crippen molar-refractivity contribution in [1.29, 1.82) is 0 Å². The van der Waals surface area contributed by atoms with Crippen molar-refractivity contribution in [3.63, 3.8) is 0 Å². The third-order valence-corrected chi connectivity index (χ3v) is 3.20. The molecule has 0 spiro atoms. The molecule has 0 atom stereocenters. The molecule has 0 fully saturated rings. The van der Waals surface area contributed by atoms with Gasteiger partial charge in [0.2, 0.25) is 0 Å². The average Bonchev–Trinajstić information content (AvgIpc) is 2.78. The predicted molar refractivity (Wildman–Crippen MR) is 72.4 cm³/mol. The molecular formula is C13H17N3S. The minimum Gasteiger partial charge on any atom is -0.364 e. The minimum atomic E-state index is 0.153. The number of hydrogen-bond donors (Lipinski definition) is 1. The molecule has 0 saturated carbocycles. The molecule has 0 aliphatic heterocycles. The maximum absolute atomic E-state index is 4.41. The van der Waals surface area contributed by atoms with Crippen LogP contribution in [0, 0.1) is 0 Å². The van der Waals surface area contributed by atoms with Crippen molar-refractivity contribution in [2.75, 3.05) is 5.32 Å². The third-order valence-electron chi connectivity index (χ3n) is 2.56. The van der Waals surface area contributed by atoms with Gasteiger partial charge in [0.1, 0.15) is 5.82 Å². The van der Waals surface area contributed by atoms with E-state index in [4.69, 9.17) is 0 Å². The Morgan fingerprint density at radius 3 is 2.59 bits per heavy atom. The van der Waals surface area contributed by atoms with Gasteiger partial charge in [-0.05, 0) is 17.0 Å². The van der Waals surface area contributed by atoms with Crippen LogP contribution in [0.25, 0.3) is 0 Å². The lowest BCUT2D eigenvalue weighted by atomic mass is 9.88. The molecule has 0 aliphatic carbocycles. The number of thiazole rings is 1. The molecule has 17 heavy (non-hydrogen) atoms. The highest BCUT2D eigenvalue weighted by Gasteiger charge is 2.13. The smallest absolute Gasteiger partial charge is 0.126 e. The molecule has 0 bridgehead atoms. The van der Waals surface area contributed by atoms with Gasteiger partial charge in [-0.2, -0.15) is 0 Å². The zero-order valence-electron chi connectivity index (χ0n) is 10.4. The summed E-state index contributed by atoms with van der Waals surface area (Å²) in [5.74, 6) is 0.894. The summed E-state index contributed by atoms with van der Waals surface area (Å²) in [6.45, 7) is 7.29. The van der Waals surface area contributed by atoms with Crippen molar-refractivity contribution in [3.8, 4) is 0 Å². The molecule has 3 nitrogen and oxygen atoms in total. The fourth-order valence-corrected chi connectivity index (χ4v) is 2.01. The zero-order valence-corrected chi connectivity index (χ0v) is 11.2. The van der Waals surface area contributed by atoms with Crippen LogP contribution in [0.1, 0.15) is 32.0 Å². The molecule has 2 heterocycles. The van der Waals surface area contributed by atoms with Crippen LogP contribution in [0.2, 0.25) is 0 Å². The molecule has 0 aliphatic rings. The molecule has 0 aromatic carbocycles. The second-order valence-corrected chi connectivity index (χ2v) is 5.73. The topological polar surface area (TPSA) is 37.8 Å². The number of anilines is 1. The predicted octanol–water partition coefficient (Wildman–Crippen LogP) is 3.45. The summed E-state index contributed by atoms with van der Waals surface area (Å²) in [6.07, 6.45) is 1.93. The van der Waals surface area contributed by atoms with Gasteiger partial charge in [0.05, 0.1) is 17.7 Å². The van der Waals surface area contributed by atoms with Crippen molar-refractivity contribution in [3.05, 3.63) is 40.5 Å². The SMILES string of the molecule is CC(C)(C)c1ccc(NCc2cscn2)nc1. The molecule has 1 N–H and O–H groups in total. The van der Waals surface area contributed by atoms with Crippen LogP contribution in [-0.4, -0.2) is 9.97 Å². The number of nitrogens with zero attached hydrogens (tertiary/aromatic N) is 2. The summed E-state index contributed by atoms with van der Waals surface area (Å²) in [7, 11) is 0. The largest absolute Gasteiger partial charge is 0.364 e. The number of pyridine rings is 1. The average molecular weight is 247 g/mol. The third kappa shape index (κ3) is 3.27. The summed E-state index contributed by atoms with van der Waals surface area (Å²) >= 11 is 1.61. The van der Waals surface area contributed by atoms with E-state index in [0.29, 0.717) is 0 Å². The van der Waals surface area contributed by atoms with E-state index in [1.165, 1.54) is 5.56 Å². The van der Waals surface area contributed by atoms with Crippen molar-refractivity contribution in [2.24, 2.45) is 0 Å². The summed E-state index contributed by atoms with van der Waals surface area (Å²) in [5, 5.41) is 5.30. The van der Waals surface area contributed by atoms with Crippen LogP contribution in [0.5, 0.6) is 0 Å². The standard InChI is InChI=1S/C13H17N3S/c1-13(2,3)10-4-5-12(14-6-10)15-7-11-8-17-9-16-11/h4-6,8-9H,7H2,1-3H3,(H,14,15). The van der Waals surface area contributed by atoms with Crippen molar-refractivity contribution < 1.29 is 0 Å². The van der Waals surface area contributed by atoms with Crippen LogP contribution < -0.4 is 5.32 Å². The quantitative estimate of drug-likeness (QED) is 0.902. The van der Waals surface area contributed by atoms with E-state index >= 15 is 0 Å². The van der Waals surface area contributed by atoms with Gasteiger partial charge in [-0.1, -0.05) is 26.8 Å². The first-order valence-corrected chi connectivity index (χ1v) is 6.57. The highest BCUT2D eigenvalue weighted by atomic mass is 32.1. The maximum Gasteiger partial charge on any atom is 0.126 e. The first kappa shape index (κ1) is 12.0. The summed E-state index contributed by atoms with van der Waals surface area (Å²) in [6, 6.07) is 4.14. The van der Waals surface area contributed by atoms with Crippen molar-refractivity contribution in [1.82, 2.24) is 9.97 Å². The van der Waals surface area contributed by atoms with E-state index in [-0.39, 0.29) is 5.41 Å². The Morgan fingerprint density at radius 2 is 2.06 bits per heavy atom. The Bertz CT molecular complexity index is 454. The molecule has 2 aromatic heterocycles. The lowest BCUT2D eigenvalue weighted by Gasteiger charge is -2.18. The van der Waals surface area contributed by atoms with Crippen molar-refractivity contribution >= 4 is 17.2 Å². The van der Waals surface area contributed by atoms with Gasteiger partial charge >= 0.3 is 0 Å². The summed E-state index contributed by atoms with van der Waals surface area (Å²) in [4.78, 5) is 8.63. The Labute approximate surface area is 106 Å². The number of aromatic nitrogens is 2. The van der Waals surface area contributed by atoms with Gasteiger partial charge in [0.25, 0.3) is 0 Å². The summed E-state index contributed by atoms with van der Waals surface area (Å²) < 4.78 is 0.